The maximum absolute atomic E-state index is 11.9. The van der Waals surface area contributed by atoms with E-state index in [4.69, 9.17) is 11.5 Å². The molecule has 0 bridgehead atoms. The summed E-state index contributed by atoms with van der Waals surface area (Å²) in [6.45, 7) is 3.96. The Morgan fingerprint density at radius 1 is 1.23 bits per heavy atom. The zero-order valence-electron chi connectivity index (χ0n) is 17.8. The number of carbonyl (C=O) groups is 3. The molecule has 0 aliphatic carbocycles. The molecule has 1 atom stereocenters. The third kappa shape index (κ3) is 5.08. The first-order valence-corrected chi connectivity index (χ1v) is 10.0. The lowest BCUT2D eigenvalue weighted by molar-refractivity contribution is -0.119. The summed E-state index contributed by atoms with van der Waals surface area (Å²) in [7, 11) is 1.74. The number of nitrogens with two attached hydrogens (primary N) is 2. The molecule has 0 fully saturated rings. The third-order valence-corrected chi connectivity index (χ3v) is 5.06. The number of nitrogens with one attached hydrogen (secondary N) is 2. The van der Waals surface area contributed by atoms with Gasteiger partial charge in [0.25, 0.3) is 5.91 Å². The summed E-state index contributed by atoms with van der Waals surface area (Å²) >= 11 is 0. The Bertz CT molecular complexity index is 1020. The number of carbonyl (C=O) groups excluding carboxylic acids is 3. The van der Waals surface area contributed by atoms with Crippen LogP contribution in [0.1, 0.15) is 42.7 Å². The van der Waals surface area contributed by atoms with Crippen LogP contribution in [0.2, 0.25) is 0 Å². The molecular formula is C21H27N7O3. The number of nitrogens with zero attached hydrogens (tertiary/aromatic N) is 3. The Kier molecular flexibility index (Phi) is 6.38. The predicted molar refractivity (Wildman–Crippen MR) is 118 cm³/mol. The van der Waals surface area contributed by atoms with Gasteiger partial charge in [0.05, 0.1) is 6.20 Å². The average molecular weight is 425 g/mol. The van der Waals surface area contributed by atoms with Gasteiger partial charge in [0.2, 0.25) is 11.8 Å². The van der Waals surface area contributed by atoms with E-state index in [-0.39, 0.29) is 23.3 Å². The van der Waals surface area contributed by atoms with Crippen molar-refractivity contribution < 1.29 is 14.4 Å². The molecule has 0 saturated heterocycles. The second kappa shape index (κ2) is 8.99. The number of amides is 3. The van der Waals surface area contributed by atoms with Crippen molar-refractivity contribution in [2.24, 2.45) is 17.4 Å². The van der Waals surface area contributed by atoms with Crippen molar-refractivity contribution in [1.29, 1.82) is 0 Å². The maximum Gasteiger partial charge on any atom is 0.271 e. The molecular weight excluding hydrogens is 398 g/mol. The van der Waals surface area contributed by atoms with Crippen LogP contribution in [-0.2, 0) is 16.0 Å². The van der Waals surface area contributed by atoms with Crippen LogP contribution in [0.5, 0.6) is 0 Å². The van der Waals surface area contributed by atoms with Crippen molar-refractivity contribution in [3.05, 3.63) is 35.7 Å². The Balaban J connectivity index is 1.89. The molecule has 1 aliphatic heterocycles. The normalized spacial score (nSPS) is 14.2. The molecule has 31 heavy (non-hydrogen) atoms. The molecule has 10 heteroatoms. The fourth-order valence-corrected chi connectivity index (χ4v) is 3.49. The number of anilines is 4. The zero-order chi connectivity index (χ0) is 22.7. The van der Waals surface area contributed by atoms with Crippen molar-refractivity contribution in [3.63, 3.8) is 0 Å². The van der Waals surface area contributed by atoms with Crippen LogP contribution in [0.15, 0.2) is 24.4 Å². The highest BCUT2D eigenvalue weighted by Gasteiger charge is 2.22. The van der Waals surface area contributed by atoms with Gasteiger partial charge in [-0.1, -0.05) is 13.8 Å². The van der Waals surface area contributed by atoms with E-state index in [1.165, 1.54) is 6.20 Å². The van der Waals surface area contributed by atoms with E-state index < -0.39 is 17.9 Å². The van der Waals surface area contributed by atoms with E-state index in [9.17, 15) is 14.4 Å². The van der Waals surface area contributed by atoms with Crippen LogP contribution >= 0.6 is 0 Å². The second-order valence-corrected chi connectivity index (χ2v) is 7.97. The second-order valence-electron chi connectivity index (χ2n) is 7.97. The molecule has 1 unspecified atom stereocenters. The molecule has 1 aliphatic rings. The van der Waals surface area contributed by atoms with Gasteiger partial charge in [0, 0.05) is 24.8 Å². The Morgan fingerprint density at radius 3 is 2.61 bits per heavy atom. The van der Waals surface area contributed by atoms with E-state index in [1.807, 2.05) is 26.0 Å². The molecule has 0 saturated carbocycles. The van der Waals surface area contributed by atoms with Crippen LogP contribution < -0.4 is 27.0 Å². The quantitative estimate of drug-likeness (QED) is 0.500. The highest BCUT2D eigenvalue weighted by molar-refractivity contribution is 5.97. The summed E-state index contributed by atoms with van der Waals surface area (Å²) in [6, 6.07) is 4.89. The van der Waals surface area contributed by atoms with Crippen molar-refractivity contribution in [2.45, 2.75) is 39.2 Å². The van der Waals surface area contributed by atoms with Gasteiger partial charge in [-0.05, 0) is 42.5 Å². The lowest BCUT2D eigenvalue weighted by Crippen LogP contribution is -2.37. The van der Waals surface area contributed by atoms with Crippen molar-refractivity contribution in [2.75, 3.05) is 22.6 Å². The van der Waals surface area contributed by atoms with Crippen LogP contribution in [0.3, 0.4) is 0 Å². The summed E-state index contributed by atoms with van der Waals surface area (Å²) in [5.74, 6) is -0.485. The number of primary amides is 2. The lowest BCUT2D eigenvalue weighted by Gasteiger charge is -2.26. The number of hydrogen-bond acceptors (Lipinski definition) is 7. The predicted octanol–water partition coefficient (Wildman–Crippen LogP) is 1.54. The molecule has 10 nitrogen and oxygen atoms in total. The fraction of sp³-hybridized carbons (Fsp3) is 0.381. The fourth-order valence-electron chi connectivity index (χ4n) is 3.49. The van der Waals surface area contributed by atoms with Gasteiger partial charge < -0.3 is 27.0 Å². The van der Waals surface area contributed by atoms with Gasteiger partial charge in [-0.25, -0.2) is 9.97 Å². The molecule has 3 rings (SSSR count). The average Bonchev–Trinajstić information content (AvgIpc) is 2.70. The molecule has 1 aromatic heterocycles. The Hall–Kier alpha value is -3.69. The molecule has 6 N–H and O–H groups in total. The van der Waals surface area contributed by atoms with Crippen LogP contribution in [0, 0.1) is 5.92 Å². The number of aryl methyl sites for hydroxylation is 1. The van der Waals surface area contributed by atoms with Gasteiger partial charge in [0.1, 0.15) is 11.9 Å². The van der Waals surface area contributed by atoms with Crippen molar-refractivity contribution >= 4 is 40.7 Å². The largest absolute Gasteiger partial charge is 0.368 e. The molecule has 2 aromatic rings. The smallest absolute Gasteiger partial charge is 0.271 e. The molecule has 3 amide bonds. The Morgan fingerprint density at radius 2 is 1.97 bits per heavy atom. The number of rotatable bonds is 8. The van der Waals surface area contributed by atoms with Crippen LogP contribution in [0.25, 0.3) is 0 Å². The number of fused-ring (bicyclic) bond motifs is 1. The van der Waals surface area contributed by atoms with E-state index in [1.54, 1.807) is 18.0 Å². The first-order valence-electron chi connectivity index (χ1n) is 10.0. The van der Waals surface area contributed by atoms with E-state index in [0.29, 0.717) is 30.8 Å². The minimum Gasteiger partial charge on any atom is -0.368 e. The minimum atomic E-state index is -0.738. The minimum absolute atomic E-state index is 0.0324. The Labute approximate surface area is 180 Å². The summed E-state index contributed by atoms with van der Waals surface area (Å²) < 4.78 is 0. The van der Waals surface area contributed by atoms with Gasteiger partial charge in [-0.2, -0.15) is 0 Å². The highest BCUT2D eigenvalue weighted by Crippen LogP contribution is 2.30. The first-order chi connectivity index (χ1) is 14.7. The summed E-state index contributed by atoms with van der Waals surface area (Å²) in [6.07, 6.45) is 2.92. The van der Waals surface area contributed by atoms with Gasteiger partial charge >= 0.3 is 0 Å². The third-order valence-electron chi connectivity index (χ3n) is 5.06. The van der Waals surface area contributed by atoms with Gasteiger partial charge in [0.15, 0.2) is 11.5 Å². The summed E-state index contributed by atoms with van der Waals surface area (Å²) in [4.78, 5) is 45.6. The number of benzene rings is 1. The zero-order valence-corrected chi connectivity index (χ0v) is 17.8. The molecule has 164 valence electrons. The van der Waals surface area contributed by atoms with E-state index in [0.717, 1.165) is 11.3 Å². The number of aromatic nitrogens is 2. The standard InChI is InChI=1S/C21H27N7O3/c1-11(2)8-14(19(22)30)26-16-10-24-18(20(23)31)21(27-16)25-13-5-6-15-12(9-13)4-7-17(29)28(15)3/h5-6,9-11,14H,4,7-8H2,1-3H3,(H2,22,30)(H2,23,31)(H2,25,26,27). The topological polar surface area (TPSA) is 156 Å². The van der Waals surface area contributed by atoms with E-state index in [2.05, 4.69) is 20.6 Å². The van der Waals surface area contributed by atoms with Crippen LogP contribution in [-0.4, -0.2) is 40.8 Å². The lowest BCUT2D eigenvalue weighted by atomic mass is 10.0. The molecule has 1 aromatic carbocycles. The van der Waals surface area contributed by atoms with Crippen LogP contribution in [0.4, 0.5) is 23.0 Å². The monoisotopic (exact) mass is 425 g/mol. The number of hydrogen-bond donors (Lipinski definition) is 4. The van der Waals surface area contributed by atoms with Gasteiger partial charge in [-0.15, -0.1) is 0 Å². The summed E-state index contributed by atoms with van der Waals surface area (Å²) in [5.41, 5.74) is 13.4. The van der Waals surface area contributed by atoms with Crippen molar-refractivity contribution in [3.8, 4) is 0 Å². The van der Waals surface area contributed by atoms with Gasteiger partial charge in [-0.3, -0.25) is 14.4 Å². The maximum atomic E-state index is 11.9. The van der Waals surface area contributed by atoms with Crippen molar-refractivity contribution in [1.82, 2.24) is 9.97 Å². The molecule has 2 heterocycles. The molecule has 0 radical (unpaired) electrons. The SMILES string of the molecule is CC(C)CC(Nc1cnc(C(N)=O)c(Nc2ccc3c(c2)CCC(=O)N3C)n1)C(N)=O. The highest BCUT2D eigenvalue weighted by atomic mass is 16.2. The molecule has 0 spiro atoms. The summed E-state index contributed by atoms with van der Waals surface area (Å²) in [5, 5.41) is 6.06. The first kappa shape index (κ1) is 22.0. The van der Waals surface area contributed by atoms with E-state index >= 15 is 0 Å².